The van der Waals surface area contributed by atoms with Crippen LogP contribution in [0.25, 0.3) is 0 Å². The topological polar surface area (TPSA) is 60.7 Å². The normalized spacial score (nSPS) is 14.5. The van der Waals surface area contributed by atoms with Gasteiger partial charge in [0.05, 0.1) is 12.7 Å². The minimum atomic E-state index is -0.969. The van der Waals surface area contributed by atoms with Gasteiger partial charge < -0.3 is 15.3 Å². The SMILES string of the molecule is CCCCCCCCCCCCCC(O)C(O)CO. The number of hydrogen-bond donors (Lipinski definition) is 3. The fourth-order valence-corrected chi connectivity index (χ4v) is 2.33. The van der Waals surface area contributed by atoms with Gasteiger partial charge in [0.25, 0.3) is 0 Å². The summed E-state index contributed by atoms with van der Waals surface area (Å²) < 4.78 is 0. The van der Waals surface area contributed by atoms with Crippen molar-refractivity contribution in [2.45, 2.75) is 96.2 Å². The van der Waals surface area contributed by atoms with Gasteiger partial charge in [0.1, 0.15) is 6.10 Å². The van der Waals surface area contributed by atoms with Crippen molar-refractivity contribution in [3.63, 3.8) is 0 Å². The number of unbranched alkanes of at least 4 members (excludes halogenated alkanes) is 10. The smallest absolute Gasteiger partial charge is 0.103 e. The molecular weight excluding hydrogens is 240 g/mol. The van der Waals surface area contributed by atoms with Crippen molar-refractivity contribution in [2.24, 2.45) is 0 Å². The van der Waals surface area contributed by atoms with Gasteiger partial charge in [-0.25, -0.2) is 0 Å². The lowest BCUT2D eigenvalue weighted by Crippen LogP contribution is -2.28. The second-order valence-corrected chi connectivity index (χ2v) is 5.64. The van der Waals surface area contributed by atoms with Crippen molar-refractivity contribution in [2.75, 3.05) is 6.61 Å². The zero-order valence-electron chi connectivity index (χ0n) is 12.7. The van der Waals surface area contributed by atoms with E-state index in [1.807, 2.05) is 0 Å². The van der Waals surface area contributed by atoms with Crippen LogP contribution in [0.2, 0.25) is 0 Å². The molecule has 0 spiro atoms. The molecule has 2 unspecified atom stereocenters. The van der Waals surface area contributed by atoms with E-state index >= 15 is 0 Å². The van der Waals surface area contributed by atoms with Crippen LogP contribution in [-0.4, -0.2) is 34.1 Å². The van der Waals surface area contributed by atoms with Crippen molar-refractivity contribution in [3.8, 4) is 0 Å². The van der Waals surface area contributed by atoms with Crippen LogP contribution < -0.4 is 0 Å². The van der Waals surface area contributed by atoms with Gasteiger partial charge in [-0.2, -0.15) is 0 Å². The fourth-order valence-electron chi connectivity index (χ4n) is 2.33. The van der Waals surface area contributed by atoms with Gasteiger partial charge in [0.15, 0.2) is 0 Å². The highest BCUT2D eigenvalue weighted by atomic mass is 16.4. The molecule has 3 N–H and O–H groups in total. The van der Waals surface area contributed by atoms with E-state index < -0.39 is 12.2 Å². The van der Waals surface area contributed by atoms with Gasteiger partial charge in [-0.15, -0.1) is 0 Å². The number of hydrogen-bond acceptors (Lipinski definition) is 3. The third-order valence-electron chi connectivity index (χ3n) is 3.73. The number of aliphatic hydroxyl groups is 3. The maximum absolute atomic E-state index is 9.45. The second kappa shape index (κ2) is 14.3. The predicted octanol–water partition coefficient (Wildman–Crippen LogP) is 3.40. The summed E-state index contributed by atoms with van der Waals surface area (Å²) in [6.07, 6.45) is 13.0. The first-order valence-corrected chi connectivity index (χ1v) is 8.19. The molecule has 0 aliphatic heterocycles. The summed E-state index contributed by atoms with van der Waals surface area (Å²) in [6.45, 7) is 1.90. The maximum Gasteiger partial charge on any atom is 0.103 e. The molecule has 0 aliphatic carbocycles. The largest absolute Gasteiger partial charge is 0.394 e. The van der Waals surface area contributed by atoms with Crippen LogP contribution in [0.3, 0.4) is 0 Å². The summed E-state index contributed by atoms with van der Waals surface area (Å²) >= 11 is 0. The molecule has 3 heteroatoms. The number of aliphatic hydroxyl groups excluding tert-OH is 3. The first-order chi connectivity index (χ1) is 9.22. The lowest BCUT2D eigenvalue weighted by atomic mass is 10.0. The minimum absolute atomic E-state index is 0.348. The molecule has 0 heterocycles. The van der Waals surface area contributed by atoms with Crippen LogP contribution >= 0.6 is 0 Å². The van der Waals surface area contributed by atoms with Crippen molar-refractivity contribution in [1.29, 1.82) is 0 Å². The van der Waals surface area contributed by atoms with Crippen LogP contribution in [0.4, 0.5) is 0 Å². The average Bonchev–Trinajstić information content (AvgIpc) is 2.43. The summed E-state index contributed by atoms with van der Waals surface area (Å²) in [5, 5.41) is 27.3. The third kappa shape index (κ3) is 12.6. The summed E-state index contributed by atoms with van der Waals surface area (Å²) in [7, 11) is 0. The Morgan fingerprint density at radius 2 is 1.05 bits per heavy atom. The monoisotopic (exact) mass is 274 g/mol. The Bertz CT molecular complexity index is 173. The molecule has 0 aromatic rings. The Morgan fingerprint density at radius 3 is 1.47 bits per heavy atom. The predicted molar refractivity (Wildman–Crippen MR) is 80.2 cm³/mol. The van der Waals surface area contributed by atoms with Crippen molar-refractivity contribution >= 4 is 0 Å². The van der Waals surface area contributed by atoms with Crippen LogP contribution in [-0.2, 0) is 0 Å². The van der Waals surface area contributed by atoms with E-state index in [1.54, 1.807) is 0 Å². The Balaban J connectivity index is 3.10. The van der Waals surface area contributed by atoms with Crippen LogP contribution in [0.1, 0.15) is 84.0 Å². The molecule has 19 heavy (non-hydrogen) atoms. The summed E-state index contributed by atoms with van der Waals surface area (Å²) in [6, 6.07) is 0. The zero-order chi connectivity index (χ0) is 14.3. The van der Waals surface area contributed by atoms with Crippen LogP contribution in [0, 0.1) is 0 Å². The second-order valence-electron chi connectivity index (χ2n) is 5.64. The Kier molecular flexibility index (Phi) is 14.2. The highest BCUT2D eigenvalue weighted by Crippen LogP contribution is 2.13. The Labute approximate surface area is 119 Å². The van der Waals surface area contributed by atoms with Crippen LogP contribution in [0.15, 0.2) is 0 Å². The standard InChI is InChI=1S/C16H34O3/c1-2-3-4-5-6-7-8-9-10-11-12-13-15(18)16(19)14-17/h15-19H,2-14H2,1H3. The van der Waals surface area contributed by atoms with Gasteiger partial charge in [0, 0.05) is 0 Å². The van der Waals surface area contributed by atoms with Gasteiger partial charge >= 0.3 is 0 Å². The molecule has 0 rings (SSSR count). The summed E-state index contributed by atoms with van der Waals surface area (Å²) in [5.74, 6) is 0. The van der Waals surface area contributed by atoms with Gasteiger partial charge in [-0.05, 0) is 6.42 Å². The minimum Gasteiger partial charge on any atom is -0.394 e. The van der Waals surface area contributed by atoms with Gasteiger partial charge in [0.2, 0.25) is 0 Å². The van der Waals surface area contributed by atoms with E-state index in [-0.39, 0.29) is 6.61 Å². The molecule has 0 saturated carbocycles. The van der Waals surface area contributed by atoms with Crippen LogP contribution in [0.5, 0.6) is 0 Å². The highest BCUT2D eigenvalue weighted by molar-refractivity contribution is 4.65. The van der Waals surface area contributed by atoms with E-state index in [1.165, 1.54) is 57.8 Å². The van der Waals surface area contributed by atoms with E-state index in [0.717, 1.165) is 12.8 Å². The first kappa shape index (κ1) is 18.9. The van der Waals surface area contributed by atoms with E-state index in [0.29, 0.717) is 6.42 Å². The molecule has 0 aromatic carbocycles. The molecule has 0 amide bonds. The quantitative estimate of drug-likeness (QED) is 0.425. The lowest BCUT2D eigenvalue weighted by Gasteiger charge is -2.14. The molecule has 0 bridgehead atoms. The van der Waals surface area contributed by atoms with Crippen molar-refractivity contribution < 1.29 is 15.3 Å². The van der Waals surface area contributed by atoms with E-state index in [9.17, 15) is 10.2 Å². The van der Waals surface area contributed by atoms with E-state index in [4.69, 9.17) is 5.11 Å². The lowest BCUT2D eigenvalue weighted by molar-refractivity contribution is -0.0185. The molecule has 2 atom stereocenters. The number of rotatable bonds is 14. The molecule has 116 valence electrons. The Morgan fingerprint density at radius 1 is 0.632 bits per heavy atom. The summed E-state index contributed by atoms with van der Waals surface area (Å²) in [4.78, 5) is 0. The molecule has 0 radical (unpaired) electrons. The van der Waals surface area contributed by atoms with E-state index in [2.05, 4.69) is 6.92 Å². The third-order valence-corrected chi connectivity index (χ3v) is 3.73. The highest BCUT2D eigenvalue weighted by Gasteiger charge is 2.13. The van der Waals surface area contributed by atoms with Gasteiger partial charge in [-0.3, -0.25) is 0 Å². The molecule has 3 nitrogen and oxygen atoms in total. The van der Waals surface area contributed by atoms with Gasteiger partial charge in [-0.1, -0.05) is 77.6 Å². The maximum atomic E-state index is 9.45. The average molecular weight is 274 g/mol. The Hall–Kier alpha value is -0.120. The van der Waals surface area contributed by atoms with Crippen molar-refractivity contribution in [1.82, 2.24) is 0 Å². The first-order valence-electron chi connectivity index (χ1n) is 8.19. The zero-order valence-corrected chi connectivity index (χ0v) is 12.7. The molecule has 0 aliphatic rings. The molecule has 0 aromatic heterocycles. The molecule has 0 saturated heterocycles. The molecular formula is C16H34O3. The molecule has 0 fully saturated rings. The van der Waals surface area contributed by atoms with Crippen molar-refractivity contribution in [3.05, 3.63) is 0 Å². The summed E-state index contributed by atoms with van der Waals surface area (Å²) in [5.41, 5.74) is 0. The fraction of sp³-hybridized carbons (Fsp3) is 1.00.